The third kappa shape index (κ3) is 4.50. The van der Waals surface area contributed by atoms with Gasteiger partial charge in [0.25, 0.3) is 0 Å². The molecule has 0 aliphatic heterocycles. The second-order valence-electron chi connectivity index (χ2n) is 5.23. The lowest BCUT2D eigenvalue weighted by Gasteiger charge is -2.18. The van der Waals surface area contributed by atoms with E-state index in [9.17, 15) is 0 Å². The van der Waals surface area contributed by atoms with Crippen LogP contribution in [0.15, 0.2) is 6.20 Å². The van der Waals surface area contributed by atoms with Crippen molar-refractivity contribution < 1.29 is 4.74 Å². The molecule has 1 atom stereocenters. The van der Waals surface area contributed by atoms with E-state index in [2.05, 4.69) is 24.1 Å². The Balaban J connectivity index is 2.74. The Morgan fingerprint density at radius 3 is 2.63 bits per heavy atom. The molecule has 3 nitrogen and oxygen atoms in total. The highest BCUT2D eigenvalue weighted by Crippen LogP contribution is 2.25. The molecule has 0 amide bonds. The quantitative estimate of drug-likeness (QED) is 0.731. The maximum atomic E-state index is 5.47. The molecule has 1 aromatic rings. The van der Waals surface area contributed by atoms with Crippen LogP contribution in [0.25, 0.3) is 0 Å². The van der Waals surface area contributed by atoms with Crippen molar-refractivity contribution in [3.8, 4) is 5.75 Å². The zero-order valence-corrected chi connectivity index (χ0v) is 13.0. The van der Waals surface area contributed by atoms with E-state index in [0.29, 0.717) is 6.04 Å². The molecule has 1 aromatic heterocycles. The van der Waals surface area contributed by atoms with E-state index >= 15 is 0 Å². The first-order chi connectivity index (χ1) is 9.13. The fourth-order valence-corrected chi connectivity index (χ4v) is 2.50. The predicted octanol–water partition coefficient (Wildman–Crippen LogP) is 3.42. The Kier molecular flexibility index (Phi) is 6.85. The molecule has 0 fully saturated rings. The maximum absolute atomic E-state index is 5.47. The van der Waals surface area contributed by atoms with Gasteiger partial charge in [0.15, 0.2) is 0 Å². The van der Waals surface area contributed by atoms with Crippen molar-refractivity contribution >= 4 is 0 Å². The number of nitrogens with one attached hydrogen (secondary N) is 1. The van der Waals surface area contributed by atoms with Crippen LogP contribution in [0, 0.1) is 13.8 Å². The molecule has 1 unspecified atom stereocenters. The van der Waals surface area contributed by atoms with E-state index in [4.69, 9.17) is 4.74 Å². The summed E-state index contributed by atoms with van der Waals surface area (Å²) in [5.74, 6) is 0.980. The molecule has 1 rings (SSSR count). The first kappa shape index (κ1) is 16.0. The number of hydrogen-bond acceptors (Lipinski definition) is 3. The molecule has 19 heavy (non-hydrogen) atoms. The Morgan fingerprint density at radius 1 is 1.32 bits per heavy atom. The van der Waals surface area contributed by atoms with Crippen molar-refractivity contribution in [2.75, 3.05) is 14.2 Å². The Labute approximate surface area is 117 Å². The van der Waals surface area contributed by atoms with Crippen LogP contribution in [0.5, 0.6) is 5.75 Å². The monoisotopic (exact) mass is 264 g/mol. The third-order valence-electron chi connectivity index (χ3n) is 3.75. The summed E-state index contributed by atoms with van der Waals surface area (Å²) in [6, 6.07) is 0.505. The van der Waals surface area contributed by atoms with Crippen LogP contribution >= 0.6 is 0 Å². The number of likely N-dealkylation sites (N-methyl/N-ethyl adjacent to an activating group) is 1. The third-order valence-corrected chi connectivity index (χ3v) is 3.75. The number of nitrogens with zero attached hydrogens (tertiary/aromatic N) is 1. The maximum Gasteiger partial charge on any atom is 0.128 e. The zero-order valence-electron chi connectivity index (χ0n) is 13.0. The Hall–Kier alpha value is -1.09. The first-order valence-electron chi connectivity index (χ1n) is 7.30. The molecule has 0 radical (unpaired) electrons. The van der Waals surface area contributed by atoms with Crippen molar-refractivity contribution in [1.29, 1.82) is 0 Å². The fraction of sp³-hybridized carbons (Fsp3) is 0.688. The summed E-state index contributed by atoms with van der Waals surface area (Å²) in [5.41, 5.74) is 3.44. The van der Waals surface area contributed by atoms with E-state index in [1.54, 1.807) is 7.11 Å². The molecular formula is C16H28N2O. The fourth-order valence-electron chi connectivity index (χ4n) is 2.50. The lowest BCUT2D eigenvalue weighted by Crippen LogP contribution is -2.28. The van der Waals surface area contributed by atoms with Crippen LogP contribution in [0.4, 0.5) is 0 Å². The number of aryl methyl sites for hydroxylation is 1. The van der Waals surface area contributed by atoms with Gasteiger partial charge >= 0.3 is 0 Å². The van der Waals surface area contributed by atoms with E-state index in [-0.39, 0.29) is 0 Å². The molecule has 0 spiro atoms. The molecular weight excluding hydrogens is 236 g/mol. The first-order valence-corrected chi connectivity index (χ1v) is 7.30. The van der Waals surface area contributed by atoms with Crippen LogP contribution < -0.4 is 10.1 Å². The van der Waals surface area contributed by atoms with Gasteiger partial charge in [0.2, 0.25) is 0 Å². The van der Waals surface area contributed by atoms with E-state index in [1.807, 2.05) is 20.2 Å². The number of aromatic nitrogens is 1. The van der Waals surface area contributed by atoms with E-state index < -0.39 is 0 Å². The molecule has 0 saturated carbocycles. The Morgan fingerprint density at radius 2 is 2.05 bits per heavy atom. The standard InChI is InChI=1S/C16H28N2O/c1-6-7-8-9-14(17-4)10-15-13(3)16(19-5)12(2)11-18-15/h11,14,17H,6-10H2,1-5H3. The van der Waals surface area contributed by atoms with Crippen molar-refractivity contribution in [2.24, 2.45) is 0 Å². The average Bonchev–Trinajstić information content (AvgIpc) is 2.41. The van der Waals surface area contributed by atoms with Gasteiger partial charge < -0.3 is 10.1 Å². The van der Waals surface area contributed by atoms with Crippen LogP contribution in [0.1, 0.15) is 49.4 Å². The molecule has 1 N–H and O–H groups in total. The van der Waals surface area contributed by atoms with Gasteiger partial charge in [-0.15, -0.1) is 0 Å². The molecule has 3 heteroatoms. The number of rotatable bonds is 8. The summed E-state index contributed by atoms with van der Waals surface area (Å²) >= 11 is 0. The number of methoxy groups -OCH3 is 1. The molecule has 108 valence electrons. The second kappa shape index (κ2) is 8.16. The highest BCUT2D eigenvalue weighted by Gasteiger charge is 2.13. The predicted molar refractivity (Wildman–Crippen MR) is 81.0 cm³/mol. The van der Waals surface area contributed by atoms with Crippen molar-refractivity contribution in [3.63, 3.8) is 0 Å². The van der Waals surface area contributed by atoms with Gasteiger partial charge in [-0.25, -0.2) is 0 Å². The Bertz CT molecular complexity index is 391. The molecule has 0 saturated heterocycles. The van der Waals surface area contributed by atoms with Crippen LogP contribution in [-0.4, -0.2) is 25.2 Å². The van der Waals surface area contributed by atoms with Crippen LogP contribution in [0.2, 0.25) is 0 Å². The summed E-state index contributed by atoms with van der Waals surface area (Å²) in [5, 5.41) is 3.41. The number of hydrogen-bond donors (Lipinski definition) is 1. The summed E-state index contributed by atoms with van der Waals surface area (Å²) in [6.07, 6.45) is 7.96. The van der Waals surface area contributed by atoms with Gasteiger partial charge in [0.1, 0.15) is 5.75 Å². The van der Waals surface area contributed by atoms with Crippen LogP contribution in [0.3, 0.4) is 0 Å². The minimum absolute atomic E-state index is 0.505. The molecule has 0 aliphatic rings. The van der Waals surface area contributed by atoms with Crippen molar-refractivity contribution in [1.82, 2.24) is 10.3 Å². The summed E-state index contributed by atoms with van der Waals surface area (Å²) in [4.78, 5) is 4.58. The second-order valence-corrected chi connectivity index (χ2v) is 5.23. The average molecular weight is 264 g/mol. The highest BCUT2D eigenvalue weighted by atomic mass is 16.5. The van der Waals surface area contributed by atoms with Gasteiger partial charge in [0.05, 0.1) is 7.11 Å². The van der Waals surface area contributed by atoms with Crippen molar-refractivity contribution in [2.45, 2.75) is 58.9 Å². The lowest BCUT2D eigenvalue weighted by atomic mass is 10.00. The van der Waals surface area contributed by atoms with Gasteiger partial charge in [-0.3, -0.25) is 4.98 Å². The van der Waals surface area contributed by atoms with Gasteiger partial charge in [-0.2, -0.15) is 0 Å². The number of pyridine rings is 1. The zero-order chi connectivity index (χ0) is 14.3. The lowest BCUT2D eigenvalue weighted by molar-refractivity contribution is 0.405. The number of ether oxygens (including phenoxy) is 1. The summed E-state index contributed by atoms with van der Waals surface area (Å²) in [7, 11) is 3.77. The van der Waals surface area contributed by atoms with Gasteiger partial charge in [0, 0.05) is 35.5 Å². The molecule has 0 bridgehead atoms. The topological polar surface area (TPSA) is 34.1 Å². The minimum atomic E-state index is 0.505. The molecule has 1 heterocycles. The largest absolute Gasteiger partial charge is 0.496 e. The van der Waals surface area contributed by atoms with Crippen LogP contribution in [-0.2, 0) is 6.42 Å². The van der Waals surface area contributed by atoms with E-state index in [1.165, 1.54) is 31.2 Å². The molecule has 0 aromatic carbocycles. The summed E-state index contributed by atoms with van der Waals surface area (Å²) < 4.78 is 5.47. The SMILES string of the molecule is CCCCCC(Cc1ncc(C)c(OC)c1C)NC. The van der Waals surface area contributed by atoms with Crippen molar-refractivity contribution in [3.05, 3.63) is 23.0 Å². The minimum Gasteiger partial charge on any atom is -0.496 e. The summed E-state index contributed by atoms with van der Waals surface area (Å²) in [6.45, 7) is 6.39. The molecule has 0 aliphatic carbocycles. The van der Waals surface area contributed by atoms with Gasteiger partial charge in [-0.1, -0.05) is 26.2 Å². The smallest absolute Gasteiger partial charge is 0.128 e. The highest BCUT2D eigenvalue weighted by molar-refractivity contribution is 5.41. The van der Waals surface area contributed by atoms with Gasteiger partial charge in [-0.05, 0) is 27.3 Å². The van der Waals surface area contributed by atoms with E-state index in [0.717, 1.165) is 23.4 Å². The number of unbranched alkanes of at least 4 members (excludes halogenated alkanes) is 2. The normalized spacial score (nSPS) is 12.5.